The molecule has 3 aromatic rings. The summed E-state index contributed by atoms with van der Waals surface area (Å²) in [6.07, 6.45) is 0. The lowest BCUT2D eigenvalue weighted by molar-refractivity contribution is -0.114. The number of hydrogen-bond acceptors (Lipinski definition) is 3. The van der Waals surface area contributed by atoms with E-state index in [0.29, 0.717) is 11.3 Å². The number of nitriles is 1. The van der Waals surface area contributed by atoms with Crippen molar-refractivity contribution in [2.45, 2.75) is 0 Å². The van der Waals surface area contributed by atoms with E-state index in [1.54, 1.807) is 24.3 Å². The van der Waals surface area contributed by atoms with Crippen LogP contribution < -0.4 is 10.6 Å². The maximum atomic E-state index is 12.0. The van der Waals surface area contributed by atoms with Gasteiger partial charge in [0.25, 0.3) is 0 Å². The largest absolute Gasteiger partial charge is 0.376 e. The average Bonchev–Trinajstić information content (AvgIpc) is 2.60. The highest BCUT2D eigenvalue weighted by Gasteiger charge is 2.03. The third-order valence-electron chi connectivity index (χ3n) is 3.48. The van der Waals surface area contributed by atoms with Gasteiger partial charge in [0, 0.05) is 11.4 Å². The second-order valence-corrected chi connectivity index (χ2v) is 5.16. The fourth-order valence-electron chi connectivity index (χ4n) is 2.35. The molecule has 0 bridgehead atoms. The van der Waals surface area contributed by atoms with Gasteiger partial charge in [-0.05, 0) is 41.1 Å². The van der Waals surface area contributed by atoms with Crippen molar-refractivity contribution in [3.05, 3.63) is 72.3 Å². The van der Waals surface area contributed by atoms with Gasteiger partial charge in [0.15, 0.2) is 0 Å². The van der Waals surface area contributed by atoms with E-state index in [1.807, 2.05) is 48.5 Å². The highest BCUT2D eigenvalue weighted by Crippen LogP contribution is 2.18. The molecule has 0 spiro atoms. The molecular formula is C19H15N3O. The minimum Gasteiger partial charge on any atom is -0.376 e. The van der Waals surface area contributed by atoms with Gasteiger partial charge >= 0.3 is 0 Å². The molecule has 0 saturated carbocycles. The first-order valence-corrected chi connectivity index (χ1v) is 7.27. The van der Waals surface area contributed by atoms with Gasteiger partial charge in [-0.15, -0.1) is 0 Å². The van der Waals surface area contributed by atoms with Crippen LogP contribution in [0.5, 0.6) is 0 Å². The minimum absolute atomic E-state index is 0.159. The lowest BCUT2D eigenvalue weighted by atomic mass is 10.1. The van der Waals surface area contributed by atoms with Gasteiger partial charge in [0.1, 0.15) is 0 Å². The number of amides is 1. The third-order valence-corrected chi connectivity index (χ3v) is 3.48. The molecule has 4 heteroatoms. The van der Waals surface area contributed by atoms with Crippen molar-refractivity contribution in [3.8, 4) is 6.07 Å². The number of carbonyl (C=O) groups excluding carboxylic acids is 1. The number of carbonyl (C=O) groups is 1. The number of nitrogens with zero attached hydrogens (tertiary/aromatic N) is 1. The van der Waals surface area contributed by atoms with E-state index in [2.05, 4.69) is 10.6 Å². The Labute approximate surface area is 134 Å². The van der Waals surface area contributed by atoms with Gasteiger partial charge < -0.3 is 10.6 Å². The summed E-state index contributed by atoms with van der Waals surface area (Å²) in [5, 5.41) is 17.0. The van der Waals surface area contributed by atoms with Crippen LogP contribution in [0, 0.1) is 11.3 Å². The molecule has 23 heavy (non-hydrogen) atoms. The Morgan fingerprint density at radius 1 is 0.913 bits per heavy atom. The van der Waals surface area contributed by atoms with Crippen molar-refractivity contribution >= 4 is 28.1 Å². The van der Waals surface area contributed by atoms with Crippen LogP contribution >= 0.6 is 0 Å². The maximum absolute atomic E-state index is 12.0. The first-order chi connectivity index (χ1) is 11.2. The van der Waals surface area contributed by atoms with Gasteiger partial charge in [-0.3, -0.25) is 4.79 Å². The van der Waals surface area contributed by atoms with Crippen molar-refractivity contribution in [2.75, 3.05) is 17.2 Å². The zero-order valence-electron chi connectivity index (χ0n) is 12.4. The van der Waals surface area contributed by atoms with Gasteiger partial charge in [-0.25, -0.2) is 0 Å². The van der Waals surface area contributed by atoms with Gasteiger partial charge in [-0.1, -0.05) is 36.4 Å². The second kappa shape index (κ2) is 6.63. The smallest absolute Gasteiger partial charge is 0.243 e. The normalized spacial score (nSPS) is 10.0. The van der Waals surface area contributed by atoms with Crippen LogP contribution in [0.2, 0.25) is 0 Å². The molecule has 0 radical (unpaired) electrons. The predicted octanol–water partition coefficient (Wildman–Crippen LogP) is 3.76. The SMILES string of the molecule is N#Cc1cccc(NC(=O)CNc2ccc3ccccc3c2)c1. The molecule has 0 fully saturated rings. The van der Waals surface area contributed by atoms with Crippen LogP contribution in [0.25, 0.3) is 10.8 Å². The van der Waals surface area contributed by atoms with Crippen molar-refractivity contribution in [2.24, 2.45) is 0 Å². The quantitative estimate of drug-likeness (QED) is 0.771. The molecule has 0 unspecified atom stereocenters. The third kappa shape index (κ3) is 3.66. The lowest BCUT2D eigenvalue weighted by Gasteiger charge is -2.09. The molecule has 0 aromatic heterocycles. The van der Waals surface area contributed by atoms with Gasteiger partial charge in [0.2, 0.25) is 5.91 Å². The average molecular weight is 301 g/mol. The molecule has 1 amide bonds. The number of rotatable bonds is 4. The fourth-order valence-corrected chi connectivity index (χ4v) is 2.35. The van der Waals surface area contributed by atoms with Crippen molar-refractivity contribution in [1.29, 1.82) is 5.26 Å². The Bertz CT molecular complexity index is 896. The van der Waals surface area contributed by atoms with Crippen LogP contribution in [-0.4, -0.2) is 12.5 Å². The molecule has 0 saturated heterocycles. The summed E-state index contributed by atoms with van der Waals surface area (Å²) in [5.41, 5.74) is 2.03. The fraction of sp³-hybridized carbons (Fsp3) is 0.0526. The Morgan fingerprint density at radius 3 is 2.57 bits per heavy atom. The van der Waals surface area contributed by atoms with E-state index in [4.69, 9.17) is 5.26 Å². The molecule has 2 N–H and O–H groups in total. The predicted molar refractivity (Wildman–Crippen MR) is 92.2 cm³/mol. The number of anilines is 2. The molecule has 0 aliphatic heterocycles. The summed E-state index contributed by atoms with van der Waals surface area (Å²) in [5.74, 6) is -0.159. The molecule has 112 valence electrons. The first-order valence-electron chi connectivity index (χ1n) is 7.27. The van der Waals surface area contributed by atoms with Crippen molar-refractivity contribution in [1.82, 2.24) is 0 Å². The molecule has 4 nitrogen and oxygen atoms in total. The topological polar surface area (TPSA) is 64.9 Å². The summed E-state index contributed by atoms with van der Waals surface area (Å²) in [4.78, 5) is 12.0. The highest BCUT2D eigenvalue weighted by molar-refractivity contribution is 5.94. The Hall–Kier alpha value is -3.32. The first kappa shape index (κ1) is 14.6. The Morgan fingerprint density at radius 2 is 1.74 bits per heavy atom. The van der Waals surface area contributed by atoms with Crippen molar-refractivity contribution in [3.63, 3.8) is 0 Å². The molecule has 0 heterocycles. The van der Waals surface area contributed by atoms with E-state index < -0.39 is 0 Å². The van der Waals surface area contributed by atoms with Gasteiger partial charge in [-0.2, -0.15) is 5.26 Å². The lowest BCUT2D eigenvalue weighted by Crippen LogP contribution is -2.21. The minimum atomic E-state index is -0.159. The Balaban J connectivity index is 1.62. The number of fused-ring (bicyclic) bond motifs is 1. The molecule has 0 atom stereocenters. The van der Waals surface area contributed by atoms with Crippen LogP contribution in [0.1, 0.15) is 5.56 Å². The Kier molecular flexibility index (Phi) is 4.21. The van der Waals surface area contributed by atoms with E-state index >= 15 is 0 Å². The molecule has 0 aliphatic rings. The van der Waals surface area contributed by atoms with E-state index in [-0.39, 0.29) is 12.5 Å². The van der Waals surface area contributed by atoms with E-state index in [9.17, 15) is 4.79 Å². The summed E-state index contributed by atoms with van der Waals surface area (Å²) in [7, 11) is 0. The molecule has 0 aliphatic carbocycles. The standard InChI is InChI=1S/C19H15N3O/c20-12-14-4-3-7-18(10-14)22-19(23)13-21-17-9-8-15-5-1-2-6-16(15)11-17/h1-11,21H,13H2,(H,22,23). The number of hydrogen-bond donors (Lipinski definition) is 2. The zero-order valence-corrected chi connectivity index (χ0v) is 12.4. The summed E-state index contributed by atoms with van der Waals surface area (Å²) >= 11 is 0. The zero-order chi connectivity index (χ0) is 16.1. The van der Waals surface area contributed by atoms with Crippen LogP contribution in [-0.2, 0) is 4.79 Å². The number of nitrogens with one attached hydrogen (secondary N) is 2. The van der Waals surface area contributed by atoms with Crippen LogP contribution in [0.3, 0.4) is 0 Å². The maximum Gasteiger partial charge on any atom is 0.243 e. The second-order valence-electron chi connectivity index (χ2n) is 5.16. The summed E-state index contributed by atoms with van der Waals surface area (Å²) in [6.45, 7) is 0.162. The van der Waals surface area contributed by atoms with Gasteiger partial charge in [0.05, 0.1) is 18.2 Å². The van der Waals surface area contributed by atoms with E-state index in [0.717, 1.165) is 16.5 Å². The summed E-state index contributed by atoms with van der Waals surface area (Å²) in [6, 6.07) is 22.9. The highest BCUT2D eigenvalue weighted by atomic mass is 16.1. The molecule has 3 aromatic carbocycles. The monoisotopic (exact) mass is 301 g/mol. The van der Waals surface area contributed by atoms with Crippen molar-refractivity contribution < 1.29 is 4.79 Å². The molecular weight excluding hydrogens is 286 g/mol. The van der Waals surface area contributed by atoms with Crippen LogP contribution in [0.4, 0.5) is 11.4 Å². The summed E-state index contributed by atoms with van der Waals surface area (Å²) < 4.78 is 0. The number of benzene rings is 3. The molecule has 3 rings (SSSR count). The van der Waals surface area contributed by atoms with Crippen LogP contribution in [0.15, 0.2) is 66.7 Å². The van der Waals surface area contributed by atoms with E-state index in [1.165, 1.54) is 0 Å².